The van der Waals surface area contributed by atoms with Crippen molar-refractivity contribution in [3.8, 4) is 0 Å². The lowest BCUT2D eigenvalue weighted by Gasteiger charge is -2.21. The van der Waals surface area contributed by atoms with E-state index in [-0.39, 0.29) is 6.04 Å². The second-order valence-electron chi connectivity index (χ2n) is 4.67. The number of halogens is 3. The molecule has 2 rings (SSSR count). The fraction of sp³-hybridized carbons (Fsp3) is 0.250. The molecular weight excluding hydrogens is 324 g/mol. The van der Waals surface area contributed by atoms with E-state index < -0.39 is 11.6 Å². The molecule has 1 N–H and O–H groups in total. The number of hydrogen-bond acceptors (Lipinski definition) is 1. The molecule has 4 heteroatoms. The van der Waals surface area contributed by atoms with Crippen molar-refractivity contribution in [2.24, 2.45) is 0 Å². The Kier molecular flexibility index (Phi) is 4.89. The van der Waals surface area contributed by atoms with Crippen LogP contribution in [0.1, 0.15) is 29.7 Å². The third kappa shape index (κ3) is 3.25. The maximum absolute atomic E-state index is 13.5. The van der Waals surface area contributed by atoms with Gasteiger partial charge in [0, 0.05) is 4.47 Å². The average Bonchev–Trinajstić information content (AvgIpc) is 2.42. The number of aryl methyl sites for hydroxylation is 1. The molecule has 2 aromatic rings. The van der Waals surface area contributed by atoms with Gasteiger partial charge in [-0.05, 0) is 54.4 Å². The second-order valence-corrected chi connectivity index (χ2v) is 5.58. The standard InChI is InChI=1S/C16H16BrF2N/c1-3-20-16(11-5-7-14(18)15(19)8-11)13-9-12(17)6-4-10(13)2/h4-9,16,20H,3H2,1-2H3. The Morgan fingerprint density at radius 1 is 1.10 bits per heavy atom. The van der Waals surface area contributed by atoms with Crippen LogP contribution in [-0.4, -0.2) is 6.54 Å². The zero-order valence-corrected chi connectivity index (χ0v) is 13.0. The number of rotatable bonds is 4. The van der Waals surface area contributed by atoms with E-state index in [2.05, 4.69) is 21.2 Å². The van der Waals surface area contributed by atoms with Crippen molar-refractivity contribution in [1.29, 1.82) is 0 Å². The highest BCUT2D eigenvalue weighted by Crippen LogP contribution is 2.28. The van der Waals surface area contributed by atoms with Gasteiger partial charge in [0.2, 0.25) is 0 Å². The van der Waals surface area contributed by atoms with Gasteiger partial charge in [-0.3, -0.25) is 0 Å². The first kappa shape index (κ1) is 15.1. The van der Waals surface area contributed by atoms with E-state index in [1.54, 1.807) is 6.07 Å². The lowest BCUT2D eigenvalue weighted by Crippen LogP contribution is -2.23. The Labute approximate surface area is 126 Å². The molecule has 0 heterocycles. The predicted octanol–water partition coefficient (Wildman–Crippen LogP) is 4.73. The van der Waals surface area contributed by atoms with Crippen LogP contribution in [0.15, 0.2) is 40.9 Å². The van der Waals surface area contributed by atoms with Crippen LogP contribution in [0.4, 0.5) is 8.78 Å². The van der Waals surface area contributed by atoms with Crippen molar-refractivity contribution in [1.82, 2.24) is 5.32 Å². The molecule has 2 aromatic carbocycles. The summed E-state index contributed by atoms with van der Waals surface area (Å²) in [4.78, 5) is 0. The van der Waals surface area contributed by atoms with Crippen LogP contribution in [0.2, 0.25) is 0 Å². The van der Waals surface area contributed by atoms with Crippen LogP contribution in [0.25, 0.3) is 0 Å². The first-order valence-electron chi connectivity index (χ1n) is 6.47. The lowest BCUT2D eigenvalue weighted by atomic mass is 9.95. The molecule has 0 fully saturated rings. The summed E-state index contributed by atoms with van der Waals surface area (Å²) in [5.41, 5.74) is 2.86. The SMILES string of the molecule is CCNC(c1ccc(F)c(F)c1)c1cc(Br)ccc1C. The second kappa shape index (κ2) is 6.46. The van der Waals surface area contributed by atoms with E-state index in [1.807, 2.05) is 32.0 Å². The fourth-order valence-electron chi connectivity index (χ4n) is 2.23. The minimum absolute atomic E-state index is 0.160. The number of nitrogens with one attached hydrogen (secondary N) is 1. The van der Waals surface area contributed by atoms with Gasteiger partial charge in [-0.2, -0.15) is 0 Å². The van der Waals surface area contributed by atoms with Crippen LogP contribution in [0.5, 0.6) is 0 Å². The van der Waals surface area contributed by atoms with Gasteiger partial charge < -0.3 is 5.32 Å². The quantitative estimate of drug-likeness (QED) is 0.848. The molecule has 0 aliphatic carbocycles. The highest BCUT2D eigenvalue weighted by molar-refractivity contribution is 9.10. The fourth-order valence-corrected chi connectivity index (χ4v) is 2.60. The Balaban J connectivity index is 2.49. The number of benzene rings is 2. The van der Waals surface area contributed by atoms with Gasteiger partial charge in [-0.1, -0.05) is 35.0 Å². The third-order valence-corrected chi connectivity index (χ3v) is 3.73. The van der Waals surface area contributed by atoms with E-state index >= 15 is 0 Å². The molecule has 0 aromatic heterocycles. The maximum atomic E-state index is 13.5. The molecule has 0 saturated heterocycles. The molecule has 1 atom stereocenters. The molecule has 0 radical (unpaired) electrons. The molecule has 0 spiro atoms. The molecule has 1 nitrogen and oxygen atoms in total. The third-order valence-electron chi connectivity index (χ3n) is 3.24. The van der Waals surface area contributed by atoms with Crippen LogP contribution < -0.4 is 5.32 Å². The minimum Gasteiger partial charge on any atom is -0.307 e. The minimum atomic E-state index is -0.824. The van der Waals surface area contributed by atoms with E-state index in [1.165, 1.54) is 12.1 Å². The van der Waals surface area contributed by atoms with Gasteiger partial charge in [-0.25, -0.2) is 8.78 Å². The molecule has 0 amide bonds. The van der Waals surface area contributed by atoms with Crippen molar-refractivity contribution in [3.05, 3.63) is 69.2 Å². The Bertz CT molecular complexity index is 613. The first-order chi connectivity index (χ1) is 9.52. The van der Waals surface area contributed by atoms with Crippen molar-refractivity contribution in [2.75, 3.05) is 6.54 Å². The van der Waals surface area contributed by atoms with Crippen LogP contribution in [-0.2, 0) is 0 Å². The zero-order valence-electron chi connectivity index (χ0n) is 11.4. The summed E-state index contributed by atoms with van der Waals surface area (Å²) in [6.45, 7) is 4.72. The van der Waals surface area contributed by atoms with Gasteiger partial charge in [-0.15, -0.1) is 0 Å². The van der Waals surface area contributed by atoms with E-state index in [4.69, 9.17) is 0 Å². The molecule has 106 valence electrons. The van der Waals surface area contributed by atoms with Crippen molar-refractivity contribution >= 4 is 15.9 Å². The normalized spacial score (nSPS) is 12.4. The summed E-state index contributed by atoms with van der Waals surface area (Å²) in [5.74, 6) is -1.65. The van der Waals surface area contributed by atoms with Gasteiger partial charge in [0.25, 0.3) is 0 Å². The van der Waals surface area contributed by atoms with Crippen LogP contribution >= 0.6 is 15.9 Å². The number of hydrogen-bond donors (Lipinski definition) is 1. The van der Waals surface area contributed by atoms with Gasteiger partial charge >= 0.3 is 0 Å². The summed E-state index contributed by atoms with van der Waals surface area (Å²) < 4.78 is 27.5. The highest BCUT2D eigenvalue weighted by Gasteiger charge is 2.17. The van der Waals surface area contributed by atoms with Crippen molar-refractivity contribution in [3.63, 3.8) is 0 Å². The van der Waals surface area contributed by atoms with E-state index in [0.717, 1.165) is 22.1 Å². The molecule has 1 unspecified atom stereocenters. The van der Waals surface area contributed by atoms with E-state index in [9.17, 15) is 8.78 Å². The summed E-state index contributed by atoms with van der Waals surface area (Å²) in [5, 5.41) is 3.32. The lowest BCUT2D eigenvalue weighted by molar-refractivity contribution is 0.503. The summed E-state index contributed by atoms with van der Waals surface area (Å²) in [6.07, 6.45) is 0. The molecule has 0 aliphatic heterocycles. The first-order valence-corrected chi connectivity index (χ1v) is 7.26. The van der Waals surface area contributed by atoms with Gasteiger partial charge in [0.1, 0.15) is 0 Å². The Hall–Kier alpha value is -1.26. The Morgan fingerprint density at radius 3 is 2.50 bits per heavy atom. The topological polar surface area (TPSA) is 12.0 Å². The maximum Gasteiger partial charge on any atom is 0.159 e. The van der Waals surface area contributed by atoms with Crippen LogP contribution in [0, 0.1) is 18.6 Å². The monoisotopic (exact) mass is 339 g/mol. The molecular formula is C16H16BrF2N. The van der Waals surface area contributed by atoms with Crippen LogP contribution in [0.3, 0.4) is 0 Å². The largest absolute Gasteiger partial charge is 0.307 e. The van der Waals surface area contributed by atoms with Crippen molar-refractivity contribution < 1.29 is 8.78 Å². The predicted molar refractivity (Wildman–Crippen MR) is 80.8 cm³/mol. The average molecular weight is 340 g/mol. The molecule has 20 heavy (non-hydrogen) atoms. The zero-order chi connectivity index (χ0) is 14.7. The summed E-state index contributed by atoms with van der Waals surface area (Å²) in [7, 11) is 0. The molecule has 0 saturated carbocycles. The van der Waals surface area contributed by atoms with E-state index in [0.29, 0.717) is 5.56 Å². The Morgan fingerprint density at radius 2 is 1.85 bits per heavy atom. The van der Waals surface area contributed by atoms with Gasteiger partial charge in [0.15, 0.2) is 11.6 Å². The molecule has 0 aliphatic rings. The highest BCUT2D eigenvalue weighted by atomic mass is 79.9. The van der Waals surface area contributed by atoms with Gasteiger partial charge in [0.05, 0.1) is 6.04 Å². The molecule has 0 bridgehead atoms. The summed E-state index contributed by atoms with van der Waals surface area (Å²) >= 11 is 3.45. The smallest absolute Gasteiger partial charge is 0.159 e. The van der Waals surface area contributed by atoms with Crippen molar-refractivity contribution in [2.45, 2.75) is 19.9 Å². The summed E-state index contributed by atoms with van der Waals surface area (Å²) in [6, 6.07) is 9.85.